The lowest BCUT2D eigenvalue weighted by molar-refractivity contribution is 0.102. The third-order valence-electron chi connectivity index (χ3n) is 3.89. The Balaban J connectivity index is 1.79. The molecule has 0 radical (unpaired) electrons. The van der Waals surface area contributed by atoms with Crippen molar-refractivity contribution in [3.63, 3.8) is 0 Å². The van der Waals surface area contributed by atoms with Crippen molar-refractivity contribution in [3.05, 3.63) is 89.7 Å². The standard InChI is InChI=1S/C20H17FN2O3S/c1-14-13-18(27(25,26)23-17-9-7-16(21)8-10-17)11-12-19(14)22-20(24)15-5-3-2-4-6-15/h2-13,23H,1H3,(H,22,24). The number of rotatable bonds is 5. The second-order valence-corrected chi connectivity index (χ2v) is 7.59. The summed E-state index contributed by atoms with van der Waals surface area (Å²) in [6.07, 6.45) is 0. The van der Waals surface area contributed by atoms with E-state index in [4.69, 9.17) is 0 Å². The molecule has 0 aliphatic carbocycles. The van der Waals surface area contributed by atoms with E-state index in [2.05, 4.69) is 10.0 Å². The number of halogens is 1. The summed E-state index contributed by atoms with van der Waals surface area (Å²) in [6, 6.07) is 18.2. The number of benzene rings is 3. The van der Waals surface area contributed by atoms with Crippen LogP contribution in [0.1, 0.15) is 15.9 Å². The van der Waals surface area contributed by atoms with Crippen molar-refractivity contribution in [1.29, 1.82) is 0 Å². The lowest BCUT2D eigenvalue weighted by Gasteiger charge is -2.12. The zero-order valence-corrected chi connectivity index (χ0v) is 15.3. The van der Waals surface area contributed by atoms with Gasteiger partial charge < -0.3 is 5.32 Å². The summed E-state index contributed by atoms with van der Waals surface area (Å²) in [5.74, 6) is -0.731. The van der Waals surface area contributed by atoms with Gasteiger partial charge in [0.1, 0.15) is 5.82 Å². The van der Waals surface area contributed by atoms with E-state index in [-0.39, 0.29) is 16.5 Å². The van der Waals surface area contributed by atoms with Crippen LogP contribution in [-0.4, -0.2) is 14.3 Å². The van der Waals surface area contributed by atoms with Gasteiger partial charge in [-0.25, -0.2) is 12.8 Å². The lowest BCUT2D eigenvalue weighted by Crippen LogP contribution is -2.15. The number of hydrogen-bond donors (Lipinski definition) is 2. The van der Waals surface area contributed by atoms with Crippen molar-refractivity contribution >= 4 is 27.3 Å². The monoisotopic (exact) mass is 384 g/mol. The second-order valence-electron chi connectivity index (χ2n) is 5.91. The van der Waals surface area contributed by atoms with Gasteiger partial charge in [0.15, 0.2) is 0 Å². The molecule has 7 heteroatoms. The number of carbonyl (C=O) groups is 1. The first kappa shape index (κ1) is 18.6. The van der Waals surface area contributed by atoms with Gasteiger partial charge in [0, 0.05) is 16.9 Å². The summed E-state index contributed by atoms with van der Waals surface area (Å²) < 4.78 is 40.4. The minimum Gasteiger partial charge on any atom is -0.322 e. The van der Waals surface area contributed by atoms with E-state index in [9.17, 15) is 17.6 Å². The molecule has 0 spiro atoms. The molecule has 0 saturated carbocycles. The summed E-state index contributed by atoms with van der Waals surface area (Å²) in [5.41, 5.74) is 1.88. The molecule has 3 aromatic carbocycles. The topological polar surface area (TPSA) is 75.3 Å². The summed E-state index contributed by atoms with van der Waals surface area (Å²) in [4.78, 5) is 12.3. The number of anilines is 2. The predicted molar refractivity (Wildman–Crippen MR) is 103 cm³/mol. The number of nitrogens with one attached hydrogen (secondary N) is 2. The van der Waals surface area contributed by atoms with E-state index < -0.39 is 15.8 Å². The van der Waals surface area contributed by atoms with Gasteiger partial charge in [0.05, 0.1) is 4.90 Å². The van der Waals surface area contributed by atoms with Crippen LogP contribution < -0.4 is 10.0 Å². The lowest BCUT2D eigenvalue weighted by atomic mass is 10.1. The van der Waals surface area contributed by atoms with E-state index in [1.807, 2.05) is 6.07 Å². The van der Waals surface area contributed by atoms with Crippen LogP contribution in [0.4, 0.5) is 15.8 Å². The predicted octanol–water partition coefficient (Wildman–Crippen LogP) is 4.19. The number of carbonyl (C=O) groups excluding carboxylic acids is 1. The van der Waals surface area contributed by atoms with E-state index in [1.54, 1.807) is 31.2 Å². The van der Waals surface area contributed by atoms with Gasteiger partial charge >= 0.3 is 0 Å². The summed E-state index contributed by atoms with van der Waals surface area (Å²) in [6.45, 7) is 1.71. The number of aryl methyl sites for hydroxylation is 1. The highest BCUT2D eigenvalue weighted by Gasteiger charge is 2.16. The fourth-order valence-electron chi connectivity index (χ4n) is 2.46. The largest absolute Gasteiger partial charge is 0.322 e. The van der Waals surface area contributed by atoms with Gasteiger partial charge in [-0.05, 0) is 67.1 Å². The molecule has 0 aromatic heterocycles. The zero-order valence-electron chi connectivity index (χ0n) is 14.4. The third-order valence-corrected chi connectivity index (χ3v) is 5.27. The second kappa shape index (κ2) is 7.59. The van der Waals surface area contributed by atoms with Gasteiger partial charge in [-0.1, -0.05) is 18.2 Å². The van der Waals surface area contributed by atoms with E-state index >= 15 is 0 Å². The molecule has 138 valence electrons. The maximum atomic E-state index is 13.0. The number of sulfonamides is 1. The SMILES string of the molecule is Cc1cc(S(=O)(=O)Nc2ccc(F)cc2)ccc1NC(=O)c1ccccc1. The summed E-state index contributed by atoms with van der Waals surface area (Å²) >= 11 is 0. The van der Waals surface area contributed by atoms with Crippen molar-refractivity contribution < 1.29 is 17.6 Å². The Morgan fingerprint density at radius 3 is 2.22 bits per heavy atom. The molecule has 0 bridgehead atoms. The van der Waals surface area contributed by atoms with Crippen molar-refractivity contribution in [2.24, 2.45) is 0 Å². The van der Waals surface area contributed by atoms with Crippen LogP contribution in [0, 0.1) is 12.7 Å². The molecule has 0 atom stereocenters. The average Bonchev–Trinajstić information content (AvgIpc) is 2.65. The Morgan fingerprint density at radius 1 is 0.926 bits per heavy atom. The molecule has 0 saturated heterocycles. The van der Waals surface area contributed by atoms with E-state index in [0.717, 1.165) is 0 Å². The smallest absolute Gasteiger partial charge is 0.261 e. The van der Waals surface area contributed by atoms with Crippen LogP contribution in [0.3, 0.4) is 0 Å². The molecule has 5 nitrogen and oxygen atoms in total. The fraction of sp³-hybridized carbons (Fsp3) is 0.0500. The molecule has 3 rings (SSSR count). The maximum absolute atomic E-state index is 13.0. The van der Waals surface area contributed by atoms with Gasteiger partial charge in [0.2, 0.25) is 0 Å². The minimum absolute atomic E-state index is 0.0436. The summed E-state index contributed by atoms with van der Waals surface area (Å²) in [5, 5.41) is 2.77. The molecule has 0 heterocycles. The van der Waals surface area contributed by atoms with Crippen molar-refractivity contribution in [2.45, 2.75) is 11.8 Å². The molecular weight excluding hydrogens is 367 g/mol. The normalized spacial score (nSPS) is 11.0. The molecule has 0 aliphatic rings. The quantitative estimate of drug-likeness (QED) is 0.693. The first-order valence-electron chi connectivity index (χ1n) is 8.10. The van der Waals surface area contributed by atoms with E-state index in [0.29, 0.717) is 16.8 Å². The van der Waals surface area contributed by atoms with E-state index in [1.165, 1.54) is 42.5 Å². The minimum atomic E-state index is -3.83. The van der Waals surface area contributed by atoms with Crippen LogP contribution in [0.25, 0.3) is 0 Å². The molecule has 2 N–H and O–H groups in total. The Labute approximate surface area is 156 Å². The molecule has 0 fully saturated rings. The fourth-order valence-corrected chi connectivity index (χ4v) is 3.60. The third kappa shape index (κ3) is 4.51. The zero-order chi connectivity index (χ0) is 19.4. The van der Waals surface area contributed by atoms with Gasteiger partial charge in [-0.2, -0.15) is 0 Å². The van der Waals surface area contributed by atoms with Gasteiger partial charge in [-0.15, -0.1) is 0 Å². The highest BCUT2D eigenvalue weighted by atomic mass is 32.2. The van der Waals surface area contributed by atoms with Crippen LogP contribution in [0.5, 0.6) is 0 Å². The van der Waals surface area contributed by atoms with Crippen LogP contribution in [-0.2, 0) is 10.0 Å². The molecule has 0 aliphatic heterocycles. The van der Waals surface area contributed by atoms with Crippen molar-refractivity contribution in [1.82, 2.24) is 0 Å². The van der Waals surface area contributed by atoms with Crippen LogP contribution in [0.2, 0.25) is 0 Å². The highest BCUT2D eigenvalue weighted by molar-refractivity contribution is 7.92. The van der Waals surface area contributed by atoms with Crippen LogP contribution in [0.15, 0.2) is 77.7 Å². The van der Waals surface area contributed by atoms with Crippen molar-refractivity contribution in [2.75, 3.05) is 10.0 Å². The number of hydrogen-bond acceptors (Lipinski definition) is 3. The highest BCUT2D eigenvalue weighted by Crippen LogP contribution is 2.22. The Bertz CT molecular complexity index is 1070. The Hall–Kier alpha value is -3.19. The molecular formula is C20H17FN2O3S. The average molecular weight is 384 g/mol. The van der Waals surface area contributed by atoms with Crippen LogP contribution >= 0.6 is 0 Å². The van der Waals surface area contributed by atoms with Crippen molar-refractivity contribution in [3.8, 4) is 0 Å². The Morgan fingerprint density at radius 2 is 1.59 bits per heavy atom. The first-order chi connectivity index (χ1) is 12.8. The van der Waals surface area contributed by atoms with Gasteiger partial charge in [0.25, 0.3) is 15.9 Å². The molecule has 0 unspecified atom stereocenters. The Kier molecular flexibility index (Phi) is 5.23. The number of amides is 1. The summed E-state index contributed by atoms with van der Waals surface area (Å²) in [7, 11) is -3.83. The molecule has 1 amide bonds. The molecule has 3 aromatic rings. The van der Waals surface area contributed by atoms with Gasteiger partial charge in [-0.3, -0.25) is 9.52 Å². The first-order valence-corrected chi connectivity index (χ1v) is 9.59. The molecule has 27 heavy (non-hydrogen) atoms. The maximum Gasteiger partial charge on any atom is 0.261 e.